The van der Waals surface area contributed by atoms with Crippen molar-refractivity contribution in [2.45, 2.75) is 76.6 Å². The number of nitrogens with one attached hydrogen (secondary N) is 3. The summed E-state index contributed by atoms with van der Waals surface area (Å²) >= 11 is 7.28. The van der Waals surface area contributed by atoms with Gasteiger partial charge in [0.05, 0.1) is 0 Å². The average Bonchev–Trinajstić information content (AvgIpc) is 2.90. The van der Waals surface area contributed by atoms with Crippen LogP contribution in [0.2, 0.25) is 5.15 Å². The number of anilines is 1. The molecule has 1 saturated carbocycles. The van der Waals surface area contributed by atoms with Gasteiger partial charge in [-0.1, -0.05) is 11.6 Å². The molecule has 3 fully saturated rings. The van der Waals surface area contributed by atoms with Crippen molar-refractivity contribution < 1.29 is 9.53 Å². The molecule has 2 aliphatic heterocycles. The molecule has 3 heterocycles. The zero-order valence-electron chi connectivity index (χ0n) is 19.9. The summed E-state index contributed by atoms with van der Waals surface area (Å²) in [5, 5.41) is 21.8. The Hall–Kier alpha value is -1.84. The zero-order chi connectivity index (χ0) is 24.2. The molecule has 10 heteroatoms. The number of aromatic nitrogens is 1. The number of fused-ring (bicyclic) bond motifs is 2. The molecule has 1 aliphatic carbocycles. The molecule has 182 valence electrons. The first kappa shape index (κ1) is 25.8. The molecule has 33 heavy (non-hydrogen) atoms. The average molecular weight is 495 g/mol. The van der Waals surface area contributed by atoms with Crippen LogP contribution >= 0.6 is 23.4 Å². The number of rotatable bonds is 4. The molecule has 2 unspecified atom stereocenters. The number of halogens is 1. The second-order valence-electron chi connectivity index (χ2n) is 9.84. The maximum atomic E-state index is 9.60. The van der Waals surface area contributed by atoms with Gasteiger partial charge in [-0.05, 0) is 77.8 Å². The van der Waals surface area contributed by atoms with E-state index in [0.717, 1.165) is 37.2 Å². The van der Waals surface area contributed by atoms with Crippen LogP contribution in [0, 0.1) is 10.8 Å². The lowest BCUT2D eigenvalue weighted by atomic mass is 9.93. The summed E-state index contributed by atoms with van der Waals surface area (Å²) in [5.41, 5.74) is 1.27. The lowest BCUT2D eigenvalue weighted by Crippen LogP contribution is -2.53. The van der Waals surface area contributed by atoms with Crippen molar-refractivity contribution in [2.75, 3.05) is 25.5 Å². The molecule has 1 aromatic heterocycles. The normalized spacial score (nSPS) is 22.6. The van der Waals surface area contributed by atoms with Crippen LogP contribution in [-0.2, 0) is 9.53 Å². The van der Waals surface area contributed by atoms with E-state index in [9.17, 15) is 4.79 Å². The monoisotopic (exact) mass is 494 g/mol. The third-order valence-electron chi connectivity index (χ3n) is 6.31. The number of ether oxygens (including phenoxy) is 1. The van der Waals surface area contributed by atoms with Crippen LogP contribution in [0.5, 0.6) is 0 Å². The van der Waals surface area contributed by atoms with E-state index in [4.69, 9.17) is 22.4 Å². The summed E-state index contributed by atoms with van der Waals surface area (Å²) < 4.78 is 4.55. The highest BCUT2D eigenvalue weighted by molar-refractivity contribution is 8.26. The van der Waals surface area contributed by atoms with Gasteiger partial charge in [-0.3, -0.25) is 20.5 Å². The molecule has 3 aliphatic rings. The van der Waals surface area contributed by atoms with Crippen LogP contribution < -0.4 is 5.32 Å². The Morgan fingerprint density at radius 2 is 1.88 bits per heavy atom. The smallest absolute Gasteiger partial charge is 0.293 e. The third-order valence-corrected chi connectivity index (χ3v) is 7.40. The minimum atomic E-state index is -0.318. The minimum absolute atomic E-state index is 0.318. The zero-order valence-corrected chi connectivity index (χ0v) is 21.4. The highest BCUT2D eigenvalue weighted by Crippen LogP contribution is 2.32. The topological polar surface area (TPSA) is 105 Å². The fraction of sp³-hybridized carbons (Fsp3) is 0.652. The highest BCUT2D eigenvalue weighted by Gasteiger charge is 2.38. The number of hydrogen-bond acceptors (Lipinski definition) is 8. The van der Waals surface area contributed by atoms with Crippen LogP contribution in [-0.4, -0.2) is 75.3 Å². The lowest BCUT2D eigenvalue weighted by Gasteiger charge is -2.39. The predicted octanol–water partition coefficient (Wildman–Crippen LogP) is 4.43. The molecule has 0 spiro atoms. The Balaban J connectivity index is 0.000000383. The van der Waals surface area contributed by atoms with Gasteiger partial charge >= 0.3 is 0 Å². The summed E-state index contributed by atoms with van der Waals surface area (Å²) in [7, 11) is 2.19. The molecule has 0 aromatic carbocycles. The summed E-state index contributed by atoms with van der Waals surface area (Å²) in [4.78, 5) is 18.3. The largest absolute Gasteiger partial charge is 0.462 e. The predicted molar refractivity (Wildman–Crippen MR) is 136 cm³/mol. The lowest BCUT2D eigenvalue weighted by molar-refractivity contribution is -0.138. The van der Waals surface area contributed by atoms with E-state index < -0.39 is 0 Å². The Bertz CT molecular complexity index is 859. The number of pyridine rings is 1. The summed E-state index contributed by atoms with van der Waals surface area (Å²) in [6.45, 7) is 7.69. The standard InChI is InChI=1S/C18H25ClN6S.C5H10O2/c1-24-12-5-6-13(24)10-25(9-12)18(21)26-17(20)14-8-22-16(19)7-15(14)23-11-3-2-4-11;1-5(2,3)7-4-6/h7-8,11-13,20-21H,2-6,9-10H2,1H3,(H,22,23);4H,1-3H3. The number of hydrogen-bond donors (Lipinski definition) is 3. The van der Waals surface area contributed by atoms with Gasteiger partial charge in [-0.15, -0.1) is 0 Å². The summed E-state index contributed by atoms with van der Waals surface area (Å²) in [5.74, 6) is 0. The number of piperazine rings is 1. The second kappa shape index (κ2) is 11.1. The van der Waals surface area contributed by atoms with Gasteiger partial charge in [0.1, 0.15) is 15.8 Å². The number of amidine groups is 1. The van der Waals surface area contributed by atoms with Gasteiger partial charge in [-0.25, -0.2) is 4.98 Å². The summed E-state index contributed by atoms with van der Waals surface area (Å²) in [6, 6.07) is 3.33. The van der Waals surface area contributed by atoms with Crippen molar-refractivity contribution in [3.05, 3.63) is 23.0 Å². The molecular formula is C23H35ClN6O2S. The maximum absolute atomic E-state index is 9.60. The first-order valence-electron chi connectivity index (χ1n) is 11.4. The van der Waals surface area contributed by atoms with Crippen LogP contribution in [0.15, 0.2) is 12.3 Å². The summed E-state index contributed by atoms with van der Waals surface area (Å²) in [6.07, 6.45) is 7.63. The van der Waals surface area contributed by atoms with E-state index in [1.165, 1.54) is 31.0 Å². The molecule has 3 N–H and O–H groups in total. The molecule has 0 radical (unpaired) electrons. The number of likely N-dealkylation sites (tertiary alicyclic amines) is 1. The molecule has 4 rings (SSSR count). The van der Waals surface area contributed by atoms with E-state index in [1.54, 1.807) is 12.3 Å². The maximum Gasteiger partial charge on any atom is 0.293 e. The molecule has 2 atom stereocenters. The second-order valence-corrected chi connectivity index (χ2v) is 11.2. The highest BCUT2D eigenvalue weighted by atomic mass is 35.5. The van der Waals surface area contributed by atoms with Crippen LogP contribution in [0.1, 0.15) is 58.4 Å². The van der Waals surface area contributed by atoms with Crippen LogP contribution in [0.4, 0.5) is 5.69 Å². The third kappa shape index (κ3) is 7.07. The van der Waals surface area contributed by atoms with Crippen LogP contribution in [0.3, 0.4) is 0 Å². The van der Waals surface area contributed by atoms with Gasteiger partial charge in [0.15, 0.2) is 5.17 Å². The van der Waals surface area contributed by atoms with Crippen molar-refractivity contribution >= 4 is 45.7 Å². The molecule has 8 nitrogen and oxygen atoms in total. The van der Waals surface area contributed by atoms with Gasteiger partial charge in [0.2, 0.25) is 0 Å². The van der Waals surface area contributed by atoms with E-state index in [1.807, 2.05) is 20.8 Å². The molecule has 1 aromatic rings. The van der Waals surface area contributed by atoms with Gasteiger partial charge in [0.25, 0.3) is 6.47 Å². The van der Waals surface area contributed by atoms with E-state index in [0.29, 0.717) is 40.0 Å². The SMILES string of the molecule is CC(C)(C)OC=O.CN1C2CCC1CN(C(=N)SC(=N)c1cnc(Cl)cc1NC1CCC1)C2. The van der Waals surface area contributed by atoms with Crippen molar-refractivity contribution in [2.24, 2.45) is 0 Å². The Labute approximate surface area is 205 Å². The Morgan fingerprint density at radius 1 is 1.24 bits per heavy atom. The molecule has 2 saturated heterocycles. The number of likely N-dealkylation sites (N-methyl/N-ethyl adjacent to an activating group) is 1. The number of carbonyl (C=O) groups excluding carboxylic acids is 1. The van der Waals surface area contributed by atoms with E-state index >= 15 is 0 Å². The van der Waals surface area contributed by atoms with E-state index in [2.05, 4.69) is 31.9 Å². The van der Waals surface area contributed by atoms with Gasteiger partial charge in [0, 0.05) is 48.7 Å². The fourth-order valence-corrected chi connectivity index (χ4v) is 5.04. The first-order chi connectivity index (χ1) is 15.6. The molecular weight excluding hydrogens is 460 g/mol. The fourth-order valence-electron chi connectivity index (χ4n) is 4.14. The van der Waals surface area contributed by atoms with Crippen molar-refractivity contribution in [3.8, 4) is 0 Å². The molecule has 0 amide bonds. The van der Waals surface area contributed by atoms with Crippen molar-refractivity contribution in [1.82, 2.24) is 14.8 Å². The van der Waals surface area contributed by atoms with Crippen LogP contribution in [0.25, 0.3) is 0 Å². The van der Waals surface area contributed by atoms with Crippen molar-refractivity contribution in [1.29, 1.82) is 10.8 Å². The quantitative estimate of drug-likeness (QED) is 0.246. The number of thioether (sulfide) groups is 1. The Morgan fingerprint density at radius 3 is 2.36 bits per heavy atom. The molecule has 2 bridgehead atoms. The number of carbonyl (C=O) groups is 1. The van der Waals surface area contributed by atoms with Crippen molar-refractivity contribution in [3.63, 3.8) is 0 Å². The first-order valence-corrected chi connectivity index (χ1v) is 12.6. The number of nitrogens with zero attached hydrogens (tertiary/aromatic N) is 3. The minimum Gasteiger partial charge on any atom is -0.462 e. The van der Waals surface area contributed by atoms with Gasteiger partial charge in [-0.2, -0.15) is 0 Å². The van der Waals surface area contributed by atoms with E-state index in [-0.39, 0.29) is 5.60 Å². The Kier molecular flexibility index (Phi) is 8.64. The van der Waals surface area contributed by atoms with Gasteiger partial charge < -0.3 is 15.0 Å².